The van der Waals surface area contributed by atoms with Crippen LogP contribution in [0, 0.1) is 0 Å². The first-order valence-corrected chi connectivity index (χ1v) is 2.79. The molecule has 4 nitrogen and oxygen atoms in total. The van der Waals surface area contributed by atoms with E-state index in [0.29, 0.717) is 11.1 Å². The first kappa shape index (κ1) is 5.22. The standard InChI is InChI=1S/C6H4N2O2/c9-6-5-4(1-2-7-6)10-3-8-5/h1-3H,(H,7,9). The average Bonchev–Trinajstić information content (AvgIpc) is 2.36. The number of nitrogens with one attached hydrogen (secondary N) is 1. The smallest absolute Gasteiger partial charge is 0.277 e. The molecule has 0 spiro atoms. The van der Waals surface area contributed by atoms with Crippen molar-refractivity contribution in [3.63, 3.8) is 0 Å². The van der Waals surface area contributed by atoms with Crippen molar-refractivity contribution in [1.29, 1.82) is 0 Å². The quantitative estimate of drug-likeness (QED) is 0.574. The van der Waals surface area contributed by atoms with Crippen LogP contribution >= 0.6 is 0 Å². The van der Waals surface area contributed by atoms with Gasteiger partial charge >= 0.3 is 0 Å². The predicted molar refractivity (Wildman–Crippen MR) is 34.6 cm³/mol. The molecule has 2 aromatic rings. The van der Waals surface area contributed by atoms with E-state index < -0.39 is 0 Å². The van der Waals surface area contributed by atoms with E-state index in [1.165, 1.54) is 12.6 Å². The molecule has 1 N–H and O–H groups in total. The summed E-state index contributed by atoms with van der Waals surface area (Å²) in [6.07, 6.45) is 2.77. The van der Waals surface area contributed by atoms with E-state index >= 15 is 0 Å². The number of fused-ring (bicyclic) bond motifs is 1. The number of rotatable bonds is 0. The maximum Gasteiger partial charge on any atom is 0.277 e. The highest BCUT2D eigenvalue weighted by Crippen LogP contribution is 2.03. The van der Waals surface area contributed by atoms with Crippen LogP contribution in [0.25, 0.3) is 11.1 Å². The Labute approximate surface area is 55.5 Å². The van der Waals surface area contributed by atoms with Crippen molar-refractivity contribution >= 4 is 11.1 Å². The number of oxazole rings is 1. The van der Waals surface area contributed by atoms with E-state index in [2.05, 4.69) is 9.97 Å². The van der Waals surface area contributed by atoms with Crippen LogP contribution in [-0.4, -0.2) is 9.97 Å². The van der Waals surface area contributed by atoms with Gasteiger partial charge in [0, 0.05) is 6.20 Å². The summed E-state index contributed by atoms with van der Waals surface area (Å²) in [5.74, 6) is 0. The molecule has 0 aliphatic rings. The van der Waals surface area contributed by atoms with E-state index in [-0.39, 0.29) is 5.56 Å². The number of pyridine rings is 1. The summed E-state index contributed by atoms with van der Waals surface area (Å²) in [4.78, 5) is 17.1. The molecule has 0 radical (unpaired) electrons. The Bertz CT molecular complexity index is 401. The summed E-state index contributed by atoms with van der Waals surface area (Å²) >= 11 is 0. The van der Waals surface area contributed by atoms with Crippen LogP contribution in [0.2, 0.25) is 0 Å². The van der Waals surface area contributed by atoms with Crippen LogP contribution in [0.3, 0.4) is 0 Å². The van der Waals surface area contributed by atoms with Crippen molar-refractivity contribution in [2.75, 3.05) is 0 Å². The Kier molecular flexibility index (Phi) is 0.887. The second kappa shape index (κ2) is 1.70. The first-order valence-electron chi connectivity index (χ1n) is 2.79. The number of aromatic amines is 1. The molecule has 0 fully saturated rings. The van der Waals surface area contributed by atoms with Gasteiger partial charge in [0.2, 0.25) is 0 Å². The molecule has 0 unspecified atom stereocenters. The average molecular weight is 136 g/mol. The molecular weight excluding hydrogens is 132 g/mol. The molecule has 0 saturated heterocycles. The molecule has 0 saturated carbocycles. The minimum Gasteiger partial charge on any atom is -0.443 e. The third kappa shape index (κ3) is 0.556. The Balaban J connectivity index is 3.09. The van der Waals surface area contributed by atoms with E-state index in [4.69, 9.17) is 4.42 Å². The highest BCUT2D eigenvalue weighted by atomic mass is 16.3. The second-order valence-corrected chi connectivity index (χ2v) is 1.87. The van der Waals surface area contributed by atoms with Crippen molar-refractivity contribution in [3.05, 3.63) is 29.0 Å². The number of aromatic nitrogens is 2. The van der Waals surface area contributed by atoms with Crippen LogP contribution in [0.4, 0.5) is 0 Å². The van der Waals surface area contributed by atoms with Crippen LogP contribution in [-0.2, 0) is 0 Å². The summed E-state index contributed by atoms with van der Waals surface area (Å²) in [6, 6.07) is 1.66. The number of H-pyrrole nitrogens is 1. The molecule has 0 amide bonds. The SMILES string of the molecule is O=c1[nH]ccc2ocnc12. The van der Waals surface area contributed by atoms with Gasteiger partial charge in [-0.1, -0.05) is 0 Å². The van der Waals surface area contributed by atoms with Crippen LogP contribution in [0.15, 0.2) is 27.9 Å². The molecule has 2 rings (SSSR count). The summed E-state index contributed by atoms with van der Waals surface area (Å²) in [6.45, 7) is 0. The lowest BCUT2D eigenvalue weighted by molar-refractivity contribution is 0.602. The summed E-state index contributed by atoms with van der Waals surface area (Å²) in [5.41, 5.74) is 0.650. The second-order valence-electron chi connectivity index (χ2n) is 1.87. The van der Waals surface area contributed by atoms with Gasteiger partial charge in [-0.05, 0) is 6.07 Å². The molecule has 0 atom stereocenters. The summed E-state index contributed by atoms with van der Waals surface area (Å²) < 4.78 is 4.87. The van der Waals surface area contributed by atoms with Crippen molar-refractivity contribution in [3.8, 4) is 0 Å². The maximum atomic E-state index is 10.9. The number of hydrogen-bond acceptors (Lipinski definition) is 3. The fraction of sp³-hybridized carbons (Fsp3) is 0. The Morgan fingerprint density at radius 1 is 1.60 bits per heavy atom. The fourth-order valence-electron chi connectivity index (χ4n) is 0.805. The van der Waals surface area contributed by atoms with Gasteiger partial charge in [0.1, 0.15) is 0 Å². The Morgan fingerprint density at radius 2 is 2.50 bits per heavy atom. The van der Waals surface area contributed by atoms with Crippen LogP contribution in [0.5, 0.6) is 0 Å². The van der Waals surface area contributed by atoms with Gasteiger partial charge in [-0.3, -0.25) is 4.79 Å². The number of hydrogen-bond donors (Lipinski definition) is 1. The van der Waals surface area contributed by atoms with Crippen molar-refractivity contribution in [1.82, 2.24) is 9.97 Å². The Morgan fingerprint density at radius 3 is 3.30 bits per heavy atom. The zero-order valence-corrected chi connectivity index (χ0v) is 5.00. The molecule has 0 aromatic carbocycles. The zero-order chi connectivity index (χ0) is 6.97. The van der Waals surface area contributed by atoms with Gasteiger partial charge in [0.15, 0.2) is 17.5 Å². The molecule has 4 heteroatoms. The normalized spacial score (nSPS) is 10.4. The predicted octanol–water partition coefficient (Wildman–Crippen LogP) is 0.516. The van der Waals surface area contributed by atoms with E-state index in [9.17, 15) is 4.79 Å². The monoisotopic (exact) mass is 136 g/mol. The molecular formula is C6H4N2O2. The lowest BCUT2D eigenvalue weighted by Gasteiger charge is -1.80. The topological polar surface area (TPSA) is 58.9 Å². The van der Waals surface area contributed by atoms with E-state index in [1.807, 2.05) is 0 Å². The van der Waals surface area contributed by atoms with Crippen molar-refractivity contribution in [2.45, 2.75) is 0 Å². The van der Waals surface area contributed by atoms with Gasteiger partial charge in [0.25, 0.3) is 5.56 Å². The summed E-state index contributed by atoms with van der Waals surface area (Å²) in [5, 5.41) is 0. The van der Waals surface area contributed by atoms with Crippen LogP contribution in [0.1, 0.15) is 0 Å². The summed E-state index contributed by atoms with van der Waals surface area (Å²) in [7, 11) is 0. The van der Waals surface area contributed by atoms with Crippen LogP contribution < -0.4 is 5.56 Å². The third-order valence-electron chi connectivity index (χ3n) is 1.26. The van der Waals surface area contributed by atoms with Gasteiger partial charge in [-0.15, -0.1) is 0 Å². The largest absolute Gasteiger partial charge is 0.443 e. The zero-order valence-electron chi connectivity index (χ0n) is 5.00. The molecule has 0 bridgehead atoms. The highest BCUT2D eigenvalue weighted by molar-refractivity contribution is 5.69. The highest BCUT2D eigenvalue weighted by Gasteiger charge is 1.98. The van der Waals surface area contributed by atoms with Gasteiger partial charge in [-0.2, -0.15) is 0 Å². The lowest BCUT2D eigenvalue weighted by atomic mass is 10.4. The van der Waals surface area contributed by atoms with Crippen molar-refractivity contribution in [2.24, 2.45) is 0 Å². The molecule has 2 heterocycles. The Hall–Kier alpha value is -1.58. The van der Waals surface area contributed by atoms with Crippen molar-refractivity contribution < 1.29 is 4.42 Å². The van der Waals surface area contributed by atoms with Gasteiger partial charge < -0.3 is 9.40 Å². The fourth-order valence-corrected chi connectivity index (χ4v) is 0.805. The minimum absolute atomic E-state index is 0.216. The molecule has 50 valence electrons. The molecule has 2 aromatic heterocycles. The van der Waals surface area contributed by atoms with Gasteiger partial charge in [-0.25, -0.2) is 4.98 Å². The van der Waals surface area contributed by atoms with E-state index in [0.717, 1.165) is 0 Å². The van der Waals surface area contributed by atoms with E-state index in [1.54, 1.807) is 6.07 Å². The minimum atomic E-state index is -0.216. The molecule has 0 aliphatic carbocycles. The molecule has 10 heavy (non-hydrogen) atoms. The maximum absolute atomic E-state index is 10.9. The number of nitrogens with zero attached hydrogens (tertiary/aromatic N) is 1. The lowest BCUT2D eigenvalue weighted by Crippen LogP contribution is -2.03. The van der Waals surface area contributed by atoms with Gasteiger partial charge in [0.05, 0.1) is 0 Å². The molecule has 0 aliphatic heterocycles. The third-order valence-corrected chi connectivity index (χ3v) is 1.26. The first-order chi connectivity index (χ1) is 4.88.